The highest BCUT2D eigenvalue weighted by Crippen LogP contribution is 2.18. The van der Waals surface area contributed by atoms with Crippen molar-refractivity contribution in [3.8, 4) is 0 Å². The van der Waals surface area contributed by atoms with Crippen LogP contribution in [0.4, 0.5) is 0 Å². The van der Waals surface area contributed by atoms with Gasteiger partial charge in [0, 0.05) is 25.4 Å². The van der Waals surface area contributed by atoms with Gasteiger partial charge in [-0.3, -0.25) is 9.79 Å². The number of guanidine groups is 1. The van der Waals surface area contributed by atoms with E-state index in [1.165, 1.54) is 7.11 Å². The molecule has 1 aliphatic heterocycles. The summed E-state index contributed by atoms with van der Waals surface area (Å²) in [5.74, 6) is 1.98. The number of nitrogens with zero attached hydrogens (tertiary/aromatic N) is 2. The number of rotatable bonds is 5. The second-order valence-electron chi connectivity index (χ2n) is 4.51. The topological polar surface area (TPSA) is 53.9 Å². The van der Waals surface area contributed by atoms with Gasteiger partial charge in [0.25, 0.3) is 0 Å². The third-order valence-electron chi connectivity index (χ3n) is 3.22. The van der Waals surface area contributed by atoms with Crippen molar-refractivity contribution in [3.05, 3.63) is 0 Å². The molecule has 1 heterocycles. The van der Waals surface area contributed by atoms with Gasteiger partial charge in [0.1, 0.15) is 0 Å². The van der Waals surface area contributed by atoms with Gasteiger partial charge in [0.05, 0.1) is 19.6 Å². The Morgan fingerprint density at radius 2 is 2.16 bits per heavy atom. The van der Waals surface area contributed by atoms with E-state index in [1.807, 2.05) is 0 Å². The van der Waals surface area contributed by atoms with Crippen molar-refractivity contribution in [3.63, 3.8) is 0 Å². The molecule has 0 aromatic carbocycles. The Morgan fingerprint density at radius 3 is 2.68 bits per heavy atom. The number of aliphatic imine (C=N–C) groups is 1. The number of piperidine rings is 1. The average Bonchev–Trinajstić information content (AvgIpc) is 2.46. The van der Waals surface area contributed by atoms with Gasteiger partial charge in [-0.1, -0.05) is 0 Å². The van der Waals surface area contributed by atoms with Gasteiger partial charge < -0.3 is 15.0 Å². The number of nitrogens with one attached hydrogen (secondary N) is 1. The smallest absolute Gasteiger partial charge is 0.308 e. The lowest BCUT2D eigenvalue weighted by Crippen LogP contribution is -2.46. The Kier molecular flexibility index (Phi) is 7.70. The Bertz CT molecular complexity index is 302. The fourth-order valence-electron chi connectivity index (χ4n) is 2.16. The fraction of sp³-hybridized carbons (Fsp3) is 0.846. The van der Waals surface area contributed by atoms with E-state index in [4.69, 9.17) is 4.74 Å². The first-order valence-electron chi connectivity index (χ1n) is 6.83. The minimum absolute atomic E-state index is 0.0512. The van der Waals surface area contributed by atoms with E-state index >= 15 is 0 Å². The van der Waals surface area contributed by atoms with E-state index in [0.29, 0.717) is 0 Å². The summed E-state index contributed by atoms with van der Waals surface area (Å²) in [6.07, 6.45) is 3.78. The standard InChI is InChI=1S/C13H25N3O2S/c1-4-14-13(15-7-10-19-3)16-8-5-11(6-9-16)12(17)18-2/h11H,4-10H2,1-3H3,(H,14,15). The van der Waals surface area contributed by atoms with Gasteiger partial charge in [-0.25, -0.2) is 0 Å². The zero-order valence-electron chi connectivity index (χ0n) is 12.1. The van der Waals surface area contributed by atoms with Crippen LogP contribution in [0.15, 0.2) is 4.99 Å². The van der Waals surface area contributed by atoms with Crippen molar-refractivity contribution < 1.29 is 9.53 Å². The Morgan fingerprint density at radius 1 is 1.47 bits per heavy atom. The zero-order valence-corrected chi connectivity index (χ0v) is 13.0. The normalized spacial score (nSPS) is 17.4. The molecule has 19 heavy (non-hydrogen) atoms. The second-order valence-corrected chi connectivity index (χ2v) is 5.50. The molecule has 0 aromatic rings. The molecule has 110 valence electrons. The molecule has 5 nitrogen and oxygen atoms in total. The van der Waals surface area contributed by atoms with Gasteiger partial charge in [0.2, 0.25) is 0 Å². The fourth-order valence-corrected chi connectivity index (χ4v) is 2.44. The van der Waals surface area contributed by atoms with Crippen molar-refractivity contribution >= 4 is 23.7 Å². The largest absolute Gasteiger partial charge is 0.469 e. The summed E-state index contributed by atoms with van der Waals surface area (Å²) in [4.78, 5) is 18.3. The lowest BCUT2D eigenvalue weighted by Gasteiger charge is -2.33. The molecule has 0 radical (unpaired) electrons. The number of hydrogen-bond acceptors (Lipinski definition) is 4. The maximum atomic E-state index is 11.5. The molecule has 0 atom stereocenters. The van der Waals surface area contributed by atoms with Crippen LogP contribution in [-0.2, 0) is 9.53 Å². The number of methoxy groups -OCH3 is 1. The third kappa shape index (κ3) is 5.30. The Labute approximate surface area is 120 Å². The molecule has 0 bridgehead atoms. The molecule has 1 fully saturated rings. The van der Waals surface area contributed by atoms with E-state index in [2.05, 4.69) is 28.4 Å². The molecule has 0 saturated carbocycles. The summed E-state index contributed by atoms with van der Waals surface area (Å²) in [6, 6.07) is 0. The second kappa shape index (κ2) is 9.07. The summed E-state index contributed by atoms with van der Waals surface area (Å²) in [7, 11) is 1.46. The van der Waals surface area contributed by atoms with Crippen LogP contribution >= 0.6 is 11.8 Å². The summed E-state index contributed by atoms with van der Waals surface area (Å²) in [6.45, 7) is 5.51. The van der Waals surface area contributed by atoms with Crippen LogP contribution in [-0.4, -0.2) is 62.1 Å². The first-order valence-corrected chi connectivity index (χ1v) is 8.22. The van der Waals surface area contributed by atoms with Gasteiger partial charge in [-0.05, 0) is 26.0 Å². The van der Waals surface area contributed by atoms with Crippen LogP contribution in [0.3, 0.4) is 0 Å². The van der Waals surface area contributed by atoms with Crippen molar-refractivity contribution in [2.45, 2.75) is 19.8 Å². The number of likely N-dealkylation sites (tertiary alicyclic amines) is 1. The number of ether oxygens (including phenoxy) is 1. The molecule has 1 N–H and O–H groups in total. The molecule has 0 unspecified atom stereocenters. The van der Waals surface area contributed by atoms with E-state index in [0.717, 1.165) is 50.7 Å². The summed E-state index contributed by atoms with van der Waals surface area (Å²) < 4.78 is 4.81. The number of carbonyl (C=O) groups excluding carboxylic acids is 1. The predicted octanol–water partition coefficient (Wildman–Crippen LogP) is 1.20. The van der Waals surface area contributed by atoms with Crippen LogP contribution in [0.2, 0.25) is 0 Å². The van der Waals surface area contributed by atoms with Crippen LogP contribution in [0, 0.1) is 5.92 Å². The molecule has 1 aliphatic rings. The molecule has 1 rings (SSSR count). The van der Waals surface area contributed by atoms with Crippen LogP contribution in [0.25, 0.3) is 0 Å². The molecule has 0 amide bonds. The van der Waals surface area contributed by atoms with Crippen LogP contribution in [0.1, 0.15) is 19.8 Å². The van der Waals surface area contributed by atoms with Gasteiger partial charge in [0.15, 0.2) is 5.96 Å². The van der Waals surface area contributed by atoms with Crippen molar-refractivity contribution in [2.75, 3.05) is 45.3 Å². The highest BCUT2D eigenvalue weighted by molar-refractivity contribution is 7.98. The van der Waals surface area contributed by atoms with Crippen molar-refractivity contribution in [1.82, 2.24) is 10.2 Å². The lowest BCUT2D eigenvalue weighted by atomic mass is 9.97. The molecule has 0 aliphatic carbocycles. The van der Waals surface area contributed by atoms with E-state index in [-0.39, 0.29) is 11.9 Å². The highest BCUT2D eigenvalue weighted by Gasteiger charge is 2.26. The average molecular weight is 287 g/mol. The minimum atomic E-state index is -0.0797. The lowest BCUT2D eigenvalue weighted by molar-refractivity contribution is -0.146. The Balaban J connectivity index is 2.49. The minimum Gasteiger partial charge on any atom is -0.469 e. The van der Waals surface area contributed by atoms with Crippen LogP contribution < -0.4 is 5.32 Å². The van der Waals surface area contributed by atoms with E-state index in [9.17, 15) is 4.79 Å². The monoisotopic (exact) mass is 287 g/mol. The third-order valence-corrected chi connectivity index (χ3v) is 3.81. The predicted molar refractivity (Wildman–Crippen MR) is 80.7 cm³/mol. The van der Waals surface area contributed by atoms with Gasteiger partial charge in [-0.15, -0.1) is 0 Å². The summed E-state index contributed by atoms with van der Waals surface area (Å²) in [5, 5.41) is 3.32. The maximum absolute atomic E-state index is 11.5. The van der Waals surface area contributed by atoms with E-state index < -0.39 is 0 Å². The van der Waals surface area contributed by atoms with Crippen molar-refractivity contribution in [2.24, 2.45) is 10.9 Å². The summed E-state index contributed by atoms with van der Waals surface area (Å²) in [5.41, 5.74) is 0. The SMILES string of the molecule is CCNC(=NCCSC)N1CCC(C(=O)OC)CC1. The first kappa shape index (κ1) is 16.1. The first-order chi connectivity index (χ1) is 9.22. The molecular weight excluding hydrogens is 262 g/mol. The van der Waals surface area contributed by atoms with Gasteiger partial charge in [-0.2, -0.15) is 11.8 Å². The van der Waals surface area contributed by atoms with Gasteiger partial charge >= 0.3 is 5.97 Å². The number of thioether (sulfide) groups is 1. The van der Waals surface area contributed by atoms with Crippen molar-refractivity contribution in [1.29, 1.82) is 0 Å². The maximum Gasteiger partial charge on any atom is 0.308 e. The van der Waals surface area contributed by atoms with Crippen LogP contribution in [0.5, 0.6) is 0 Å². The molecule has 6 heteroatoms. The zero-order chi connectivity index (χ0) is 14.1. The molecule has 1 saturated heterocycles. The Hall–Kier alpha value is -0.910. The highest BCUT2D eigenvalue weighted by atomic mass is 32.2. The molecular formula is C13H25N3O2S. The number of hydrogen-bond donors (Lipinski definition) is 1. The molecule has 0 aromatic heterocycles. The number of carbonyl (C=O) groups is 1. The number of esters is 1. The summed E-state index contributed by atoms with van der Waals surface area (Å²) >= 11 is 1.80. The van der Waals surface area contributed by atoms with E-state index in [1.54, 1.807) is 11.8 Å². The quantitative estimate of drug-likeness (QED) is 0.356. The molecule has 0 spiro atoms.